The smallest absolute Gasteiger partial charge is 0.406 e. The summed E-state index contributed by atoms with van der Waals surface area (Å²) in [5.74, 6) is -2.73. The predicted octanol–water partition coefficient (Wildman–Crippen LogP) is 2.68. The third-order valence-corrected chi connectivity index (χ3v) is 3.59. The van der Waals surface area contributed by atoms with Gasteiger partial charge in [-0.25, -0.2) is 0 Å². The predicted molar refractivity (Wildman–Crippen MR) is 66.0 cm³/mol. The van der Waals surface area contributed by atoms with E-state index in [1.807, 2.05) is 6.92 Å². The molecule has 1 aliphatic rings. The molecule has 0 aromatic rings. The topological polar surface area (TPSA) is 57.6 Å². The van der Waals surface area contributed by atoms with Crippen LogP contribution >= 0.6 is 0 Å². The second-order valence-corrected chi connectivity index (χ2v) is 5.27. The molecule has 1 aliphatic carbocycles. The van der Waals surface area contributed by atoms with Crippen molar-refractivity contribution in [1.82, 2.24) is 4.90 Å². The van der Waals surface area contributed by atoms with Crippen molar-refractivity contribution < 1.29 is 27.9 Å². The van der Waals surface area contributed by atoms with Crippen LogP contribution in [-0.2, 0) is 9.59 Å². The lowest BCUT2D eigenvalue weighted by atomic mass is 10.0. The molecule has 0 aromatic heterocycles. The molecule has 4 nitrogen and oxygen atoms in total. The van der Waals surface area contributed by atoms with Gasteiger partial charge in [-0.15, -0.1) is 0 Å². The molecule has 1 fully saturated rings. The Morgan fingerprint density at radius 2 is 1.85 bits per heavy atom. The minimum atomic E-state index is -4.42. The number of carbonyl (C=O) groups is 2. The Labute approximate surface area is 115 Å². The Bertz CT molecular complexity index is 357. The van der Waals surface area contributed by atoms with E-state index in [9.17, 15) is 22.8 Å². The number of carboxylic acids is 1. The minimum absolute atomic E-state index is 0.0725. The summed E-state index contributed by atoms with van der Waals surface area (Å²) in [5, 5.41) is 8.87. The molecule has 2 atom stereocenters. The lowest BCUT2D eigenvalue weighted by Crippen LogP contribution is -2.42. The molecule has 0 saturated heterocycles. The van der Waals surface area contributed by atoms with Gasteiger partial charge in [0.15, 0.2) is 0 Å². The summed E-state index contributed by atoms with van der Waals surface area (Å²) in [6, 6.07) is 0. The summed E-state index contributed by atoms with van der Waals surface area (Å²) in [5.41, 5.74) is 0. The average molecular weight is 295 g/mol. The van der Waals surface area contributed by atoms with Gasteiger partial charge < -0.3 is 10.0 Å². The van der Waals surface area contributed by atoms with Gasteiger partial charge in [-0.3, -0.25) is 9.59 Å². The lowest BCUT2D eigenvalue weighted by Gasteiger charge is -2.26. The number of hydrogen-bond acceptors (Lipinski definition) is 2. The van der Waals surface area contributed by atoms with E-state index >= 15 is 0 Å². The van der Waals surface area contributed by atoms with Crippen LogP contribution in [-0.4, -0.2) is 41.1 Å². The van der Waals surface area contributed by atoms with Crippen molar-refractivity contribution in [3.8, 4) is 0 Å². The SMILES string of the molecule is CCCCN(CC(F)(F)F)C(=O)C1CCC(C(=O)O)C1. The molecule has 116 valence electrons. The maximum absolute atomic E-state index is 12.5. The van der Waals surface area contributed by atoms with Crippen LogP contribution in [0.5, 0.6) is 0 Å². The molecule has 7 heteroatoms. The number of unbranched alkanes of at least 4 members (excludes halogenated alkanes) is 1. The number of rotatable bonds is 6. The monoisotopic (exact) mass is 295 g/mol. The van der Waals surface area contributed by atoms with E-state index in [1.165, 1.54) is 0 Å². The molecule has 1 amide bonds. The highest BCUT2D eigenvalue weighted by Crippen LogP contribution is 2.33. The van der Waals surface area contributed by atoms with E-state index in [4.69, 9.17) is 5.11 Å². The van der Waals surface area contributed by atoms with Crippen LogP contribution < -0.4 is 0 Å². The van der Waals surface area contributed by atoms with Gasteiger partial charge in [-0.05, 0) is 25.7 Å². The molecule has 1 rings (SSSR count). The van der Waals surface area contributed by atoms with Gasteiger partial charge in [-0.1, -0.05) is 13.3 Å². The van der Waals surface area contributed by atoms with Gasteiger partial charge in [0.25, 0.3) is 0 Å². The van der Waals surface area contributed by atoms with Crippen LogP contribution in [0.15, 0.2) is 0 Å². The van der Waals surface area contributed by atoms with Crippen molar-refractivity contribution in [2.45, 2.75) is 45.2 Å². The van der Waals surface area contributed by atoms with E-state index in [2.05, 4.69) is 0 Å². The molecule has 2 unspecified atom stereocenters. The first-order valence-corrected chi connectivity index (χ1v) is 6.83. The van der Waals surface area contributed by atoms with Gasteiger partial charge in [0.05, 0.1) is 5.92 Å². The van der Waals surface area contributed by atoms with Crippen molar-refractivity contribution >= 4 is 11.9 Å². The number of amides is 1. The van der Waals surface area contributed by atoms with Crippen molar-refractivity contribution in [3.05, 3.63) is 0 Å². The van der Waals surface area contributed by atoms with Crippen LogP contribution in [0.1, 0.15) is 39.0 Å². The van der Waals surface area contributed by atoms with Crippen LogP contribution in [0.4, 0.5) is 13.2 Å². The average Bonchev–Trinajstić information content (AvgIpc) is 2.81. The van der Waals surface area contributed by atoms with Crippen molar-refractivity contribution in [2.75, 3.05) is 13.1 Å². The van der Waals surface area contributed by atoms with Gasteiger partial charge >= 0.3 is 12.1 Å². The van der Waals surface area contributed by atoms with Crippen LogP contribution in [0.2, 0.25) is 0 Å². The van der Waals surface area contributed by atoms with Gasteiger partial charge in [-0.2, -0.15) is 13.2 Å². The molecule has 0 aliphatic heterocycles. The molecule has 1 saturated carbocycles. The molecular weight excluding hydrogens is 275 g/mol. The van der Waals surface area contributed by atoms with E-state index in [0.29, 0.717) is 25.7 Å². The molecule has 0 radical (unpaired) electrons. The fraction of sp³-hybridized carbons (Fsp3) is 0.846. The van der Waals surface area contributed by atoms with Gasteiger partial charge in [0.1, 0.15) is 6.54 Å². The number of aliphatic carboxylic acids is 1. The fourth-order valence-electron chi connectivity index (χ4n) is 2.52. The Morgan fingerprint density at radius 1 is 1.25 bits per heavy atom. The molecule has 20 heavy (non-hydrogen) atoms. The second kappa shape index (κ2) is 6.95. The van der Waals surface area contributed by atoms with Gasteiger partial charge in [0, 0.05) is 12.5 Å². The zero-order valence-corrected chi connectivity index (χ0v) is 11.4. The Morgan fingerprint density at radius 3 is 2.30 bits per heavy atom. The molecule has 0 heterocycles. The number of halogens is 3. The maximum atomic E-state index is 12.5. The molecule has 0 bridgehead atoms. The highest BCUT2D eigenvalue weighted by Gasteiger charge is 2.39. The largest absolute Gasteiger partial charge is 0.481 e. The summed E-state index contributed by atoms with van der Waals surface area (Å²) in [6.45, 7) is 0.662. The Balaban J connectivity index is 2.65. The zero-order chi connectivity index (χ0) is 15.3. The second-order valence-electron chi connectivity index (χ2n) is 5.27. The van der Waals surface area contributed by atoms with E-state index in [0.717, 1.165) is 4.90 Å². The van der Waals surface area contributed by atoms with Crippen molar-refractivity contribution in [3.63, 3.8) is 0 Å². The summed E-state index contributed by atoms with van der Waals surface area (Å²) in [4.78, 5) is 23.8. The normalized spacial score (nSPS) is 22.8. The highest BCUT2D eigenvalue weighted by molar-refractivity contribution is 5.81. The maximum Gasteiger partial charge on any atom is 0.406 e. The van der Waals surface area contributed by atoms with Crippen LogP contribution in [0.25, 0.3) is 0 Å². The number of carbonyl (C=O) groups excluding carboxylic acids is 1. The molecular formula is C13H20F3NO3. The number of hydrogen-bond donors (Lipinski definition) is 1. The van der Waals surface area contributed by atoms with E-state index in [1.54, 1.807) is 0 Å². The molecule has 0 aromatic carbocycles. The fourth-order valence-corrected chi connectivity index (χ4v) is 2.52. The molecule has 1 N–H and O–H groups in total. The number of carboxylic acid groups (broad SMARTS) is 1. The van der Waals surface area contributed by atoms with Crippen molar-refractivity contribution in [2.24, 2.45) is 11.8 Å². The van der Waals surface area contributed by atoms with Gasteiger partial charge in [0.2, 0.25) is 5.91 Å². The number of nitrogens with zero attached hydrogens (tertiary/aromatic N) is 1. The lowest BCUT2D eigenvalue weighted by molar-refractivity contribution is -0.164. The first-order chi connectivity index (χ1) is 9.24. The Kier molecular flexibility index (Phi) is 5.83. The summed E-state index contributed by atoms with van der Waals surface area (Å²) in [7, 11) is 0. The molecule has 0 spiro atoms. The standard InChI is InChI=1S/C13H20F3NO3/c1-2-3-6-17(8-13(14,15)16)11(18)9-4-5-10(7-9)12(19)20/h9-10H,2-8H2,1H3,(H,19,20). The quantitative estimate of drug-likeness (QED) is 0.819. The van der Waals surface area contributed by atoms with Crippen LogP contribution in [0.3, 0.4) is 0 Å². The van der Waals surface area contributed by atoms with Crippen molar-refractivity contribution in [1.29, 1.82) is 0 Å². The van der Waals surface area contributed by atoms with Crippen LogP contribution in [0, 0.1) is 11.8 Å². The Hall–Kier alpha value is -1.27. The summed E-state index contributed by atoms with van der Waals surface area (Å²) in [6.07, 6.45) is -2.35. The first-order valence-electron chi connectivity index (χ1n) is 6.83. The third kappa shape index (κ3) is 5.02. The first kappa shape index (κ1) is 16.8. The van der Waals surface area contributed by atoms with E-state index in [-0.39, 0.29) is 13.0 Å². The summed E-state index contributed by atoms with van der Waals surface area (Å²) < 4.78 is 37.5. The summed E-state index contributed by atoms with van der Waals surface area (Å²) >= 11 is 0. The van der Waals surface area contributed by atoms with E-state index < -0.39 is 36.4 Å². The third-order valence-electron chi connectivity index (χ3n) is 3.59. The minimum Gasteiger partial charge on any atom is -0.481 e. The number of alkyl halides is 3. The zero-order valence-electron chi connectivity index (χ0n) is 11.4. The highest BCUT2D eigenvalue weighted by atomic mass is 19.4.